The Bertz CT molecular complexity index is 391. The van der Waals surface area contributed by atoms with Crippen LogP contribution in [0, 0.1) is 23.7 Å². The average molecular weight is 220 g/mol. The summed E-state index contributed by atoms with van der Waals surface area (Å²) in [5.41, 5.74) is 1.37. The second kappa shape index (κ2) is 2.55. The van der Waals surface area contributed by atoms with Gasteiger partial charge in [0.15, 0.2) is 12.6 Å². The van der Waals surface area contributed by atoms with Gasteiger partial charge in [-0.25, -0.2) is 0 Å². The molecule has 4 aliphatic heterocycles. The molecule has 5 fully saturated rings. The van der Waals surface area contributed by atoms with Gasteiger partial charge in [-0.15, -0.1) is 0 Å². The molecule has 0 N–H and O–H groups in total. The van der Waals surface area contributed by atoms with Gasteiger partial charge in [0.1, 0.15) is 0 Å². The molecule has 1 saturated carbocycles. The van der Waals surface area contributed by atoms with Crippen LogP contribution < -0.4 is 0 Å². The third-order valence-corrected chi connectivity index (χ3v) is 5.41. The van der Waals surface area contributed by atoms with Crippen molar-refractivity contribution in [1.82, 2.24) is 0 Å². The zero-order valence-corrected chi connectivity index (χ0v) is 9.34. The number of hydrogen-bond acceptors (Lipinski definition) is 3. The first-order valence-electron chi connectivity index (χ1n) is 6.47. The maximum Gasteiger partial charge on any atom is 0.164 e. The van der Waals surface area contributed by atoms with E-state index in [0.29, 0.717) is 35.9 Å². The first kappa shape index (κ1) is 8.67. The molecular weight excluding hydrogens is 204 g/mol. The minimum atomic E-state index is 0.0115. The van der Waals surface area contributed by atoms with Gasteiger partial charge in [0.2, 0.25) is 0 Å². The molecule has 4 saturated heterocycles. The molecular formula is C13H16O3. The number of fused-ring (bicyclic) bond motifs is 1. The van der Waals surface area contributed by atoms with Gasteiger partial charge in [-0.05, 0) is 25.3 Å². The maximum absolute atomic E-state index is 6.11. The first-order chi connectivity index (χ1) is 7.83. The monoisotopic (exact) mass is 220 g/mol. The Balaban J connectivity index is 1.76. The Morgan fingerprint density at radius 2 is 1.75 bits per heavy atom. The lowest BCUT2D eigenvalue weighted by Gasteiger charge is -2.40. The van der Waals surface area contributed by atoms with Crippen LogP contribution in [-0.4, -0.2) is 24.8 Å². The first-order valence-corrected chi connectivity index (χ1v) is 6.47. The molecule has 0 unspecified atom stereocenters. The van der Waals surface area contributed by atoms with Crippen molar-refractivity contribution in [2.75, 3.05) is 0 Å². The van der Waals surface area contributed by atoms with E-state index in [9.17, 15) is 0 Å². The highest BCUT2D eigenvalue weighted by atomic mass is 16.8. The van der Waals surface area contributed by atoms with Crippen molar-refractivity contribution in [2.45, 2.75) is 44.6 Å². The Morgan fingerprint density at radius 3 is 2.62 bits per heavy atom. The van der Waals surface area contributed by atoms with E-state index in [1.807, 2.05) is 0 Å². The van der Waals surface area contributed by atoms with Crippen molar-refractivity contribution in [3.63, 3.8) is 0 Å². The van der Waals surface area contributed by atoms with Crippen LogP contribution in [0.1, 0.15) is 19.8 Å². The van der Waals surface area contributed by atoms with Gasteiger partial charge in [0.25, 0.3) is 0 Å². The van der Waals surface area contributed by atoms with Gasteiger partial charge >= 0.3 is 0 Å². The van der Waals surface area contributed by atoms with Gasteiger partial charge < -0.3 is 14.2 Å². The van der Waals surface area contributed by atoms with Crippen LogP contribution in [-0.2, 0) is 14.2 Å². The molecule has 86 valence electrons. The molecule has 16 heavy (non-hydrogen) atoms. The summed E-state index contributed by atoms with van der Waals surface area (Å²) in [6.45, 7) is 2.19. The van der Waals surface area contributed by atoms with Crippen LogP contribution in [0.3, 0.4) is 0 Å². The molecule has 3 nitrogen and oxygen atoms in total. The Hall–Kier alpha value is -0.380. The molecule has 3 heteroatoms. The zero-order chi connectivity index (χ0) is 10.4. The second-order valence-electron chi connectivity index (χ2n) is 6.00. The van der Waals surface area contributed by atoms with Crippen molar-refractivity contribution in [1.29, 1.82) is 0 Å². The summed E-state index contributed by atoms with van der Waals surface area (Å²) in [5.74, 6) is 2.61. The Labute approximate surface area is 94.7 Å². The van der Waals surface area contributed by atoms with Gasteiger partial charge in [0, 0.05) is 23.7 Å². The highest BCUT2D eigenvalue weighted by Crippen LogP contribution is 2.61. The lowest BCUT2D eigenvalue weighted by atomic mass is 9.62. The third-order valence-electron chi connectivity index (χ3n) is 5.41. The number of ether oxygens (including phenoxy) is 3. The van der Waals surface area contributed by atoms with Crippen molar-refractivity contribution in [3.8, 4) is 0 Å². The van der Waals surface area contributed by atoms with Gasteiger partial charge in [-0.2, -0.15) is 0 Å². The van der Waals surface area contributed by atoms with Crippen LogP contribution in [0.15, 0.2) is 11.6 Å². The van der Waals surface area contributed by atoms with Crippen LogP contribution in [0.5, 0.6) is 0 Å². The van der Waals surface area contributed by atoms with E-state index in [2.05, 4.69) is 13.0 Å². The number of rotatable bonds is 0. The fourth-order valence-corrected chi connectivity index (χ4v) is 4.86. The SMILES string of the molecule is CC1=C[C@@H]2O[C@H]3O[C@H]4O[C@H]1[C@@H]1[C@@H]4CC[C@@H]3[C@H]12. The quantitative estimate of drug-likeness (QED) is 0.581. The molecule has 0 aromatic rings. The fourth-order valence-electron chi connectivity index (χ4n) is 4.86. The van der Waals surface area contributed by atoms with E-state index in [0.717, 1.165) is 0 Å². The summed E-state index contributed by atoms with van der Waals surface area (Å²) < 4.78 is 18.2. The van der Waals surface area contributed by atoms with Crippen LogP contribution >= 0.6 is 0 Å². The van der Waals surface area contributed by atoms with E-state index in [1.165, 1.54) is 18.4 Å². The molecule has 0 aromatic heterocycles. The average Bonchev–Trinajstić information content (AvgIpc) is 2.74. The third kappa shape index (κ3) is 0.783. The van der Waals surface area contributed by atoms with Crippen molar-refractivity contribution >= 4 is 0 Å². The molecule has 0 spiro atoms. The summed E-state index contributed by atoms with van der Waals surface area (Å²) in [6.07, 6.45) is 5.48. The predicted octanol–water partition coefficient (Wildman–Crippen LogP) is 1.68. The fraction of sp³-hybridized carbons (Fsp3) is 0.846. The number of hydrogen-bond donors (Lipinski definition) is 0. The highest BCUT2D eigenvalue weighted by molar-refractivity contribution is 5.24. The maximum atomic E-state index is 6.11. The highest BCUT2D eigenvalue weighted by Gasteiger charge is 2.65. The zero-order valence-electron chi connectivity index (χ0n) is 9.34. The molecule has 6 bridgehead atoms. The molecule has 2 aliphatic carbocycles. The van der Waals surface area contributed by atoms with E-state index < -0.39 is 0 Å². The molecule has 4 heterocycles. The summed E-state index contributed by atoms with van der Waals surface area (Å²) >= 11 is 0. The smallest absolute Gasteiger partial charge is 0.164 e. The molecule has 6 aliphatic rings. The molecule has 0 amide bonds. The Morgan fingerprint density at radius 1 is 1.00 bits per heavy atom. The summed E-state index contributed by atoms with van der Waals surface area (Å²) in [5, 5.41) is 0. The van der Waals surface area contributed by atoms with Crippen LogP contribution in [0.2, 0.25) is 0 Å². The van der Waals surface area contributed by atoms with Crippen LogP contribution in [0.4, 0.5) is 0 Å². The van der Waals surface area contributed by atoms with E-state index >= 15 is 0 Å². The van der Waals surface area contributed by atoms with E-state index in [1.54, 1.807) is 0 Å². The summed E-state index contributed by atoms with van der Waals surface area (Å²) in [4.78, 5) is 0. The van der Waals surface area contributed by atoms with Crippen molar-refractivity contribution in [2.24, 2.45) is 23.7 Å². The minimum absolute atomic E-state index is 0.0115. The van der Waals surface area contributed by atoms with E-state index in [-0.39, 0.29) is 12.6 Å². The Kier molecular flexibility index (Phi) is 1.38. The minimum Gasteiger partial charge on any atom is -0.345 e. The predicted molar refractivity (Wildman–Crippen MR) is 55.4 cm³/mol. The van der Waals surface area contributed by atoms with Gasteiger partial charge in [0.05, 0.1) is 12.2 Å². The largest absolute Gasteiger partial charge is 0.345 e. The second-order valence-corrected chi connectivity index (χ2v) is 6.00. The molecule has 8 atom stereocenters. The van der Waals surface area contributed by atoms with E-state index in [4.69, 9.17) is 14.2 Å². The summed E-state index contributed by atoms with van der Waals surface area (Å²) in [7, 11) is 0. The topological polar surface area (TPSA) is 27.7 Å². The van der Waals surface area contributed by atoms with Gasteiger partial charge in [-0.3, -0.25) is 0 Å². The summed E-state index contributed by atoms with van der Waals surface area (Å²) in [6, 6.07) is 0. The lowest BCUT2D eigenvalue weighted by molar-refractivity contribution is -0.238. The normalized spacial score (nSPS) is 64.9. The molecule has 6 rings (SSSR count). The molecule has 0 radical (unpaired) electrons. The van der Waals surface area contributed by atoms with Crippen molar-refractivity contribution in [3.05, 3.63) is 11.6 Å². The van der Waals surface area contributed by atoms with Gasteiger partial charge in [-0.1, -0.05) is 6.08 Å². The van der Waals surface area contributed by atoms with Crippen LogP contribution in [0.25, 0.3) is 0 Å². The lowest BCUT2D eigenvalue weighted by Crippen LogP contribution is -2.43. The standard InChI is InChI=1S/C13H16O3/c1-5-4-8-9-6-2-3-7-10(9)11(5)15-13(7)16-12(6)14-8/h4,6-13H,2-3H2,1H3/t6-,7+,8+,9+,10-,11-,12+,13-/m1/s1. The molecule has 0 aromatic carbocycles. The van der Waals surface area contributed by atoms with Crippen molar-refractivity contribution < 1.29 is 14.2 Å².